The minimum absolute atomic E-state index is 0.162. The Bertz CT molecular complexity index is 1060. The molecule has 2 aliphatic rings. The first kappa shape index (κ1) is 21.6. The fraction of sp³-hybridized carbons (Fsp3) is 0.500. The number of ether oxygens (including phenoxy) is 2. The van der Waals surface area contributed by atoms with E-state index in [-0.39, 0.29) is 6.10 Å². The quantitative estimate of drug-likeness (QED) is 0.610. The molecule has 5 rings (SSSR count). The van der Waals surface area contributed by atoms with Crippen LogP contribution in [0, 0.1) is 0 Å². The summed E-state index contributed by atoms with van der Waals surface area (Å²) < 4.78 is 12.0. The molecule has 0 radical (unpaired) electrons. The van der Waals surface area contributed by atoms with E-state index in [2.05, 4.69) is 42.5 Å². The molecular weight excluding hydrogens is 418 g/mol. The molecule has 174 valence electrons. The second kappa shape index (κ2) is 9.74. The van der Waals surface area contributed by atoms with Gasteiger partial charge in [-0.05, 0) is 43.9 Å². The van der Waals surface area contributed by atoms with E-state index in [1.807, 2.05) is 31.1 Å². The molecule has 3 heterocycles. The highest BCUT2D eigenvalue weighted by Crippen LogP contribution is 2.33. The van der Waals surface area contributed by atoms with Gasteiger partial charge in [0.25, 0.3) is 0 Å². The molecule has 1 aliphatic carbocycles. The van der Waals surface area contributed by atoms with Crippen LogP contribution in [-0.2, 0) is 4.74 Å². The van der Waals surface area contributed by atoms with Gasteiger partial charge in [0.1, 0.15) is 17.1 Å². The summed E-state index contributed by atoms with van der Waals surface area (Å²) in [5.74, 6) is 2.50. The van der Waals surface area contributed by atoms with Gasteiger partial charge in [0.2, 0.25) is 0 Å². The summed E-state index contributed by atoms with van der Waals surface area (Å²) in [6, 6.07) is 8.57. The van der Waals surface area contributed by atoms with Crippen molar-refractivity contribution < 1.29 is 9.47 Å². The Labute approximate surface area is 194 Å². The van der Waals surface area contributed by atoms with Crippen LogP contribution in [0.1, 0.15) is 25.7 Å². The number of rotatable bonds is 6. The number of anilines is 3. The van der Waals surface area contributed by atoms with Gasteiger partial charge < -0.3 is 24.6 Å². The standard InChI is InChI=1S/C24H31N7O2/c1-30(2)23-8-7-22(28-29-23)27-17-3-5-19(6-4-17)33-21-16-18(31-11-13-32-14-12-31)15-20-24(21)26-10-9-25-20/h7-10,15-17,19H,3-6,11-14H2,1-2H3,(H,27,28). The van der Waals surface area contributed by atoms with Crippen LogP contribution in [0.4, 0.5) is 17.3 Å². The monoisotopic (exact) mass is 449 g/mol. The van der Waals surface area contributed by atoms with Crippen molar-refractivity contribution in [1.29, 1.82) is 0 Å². The Morgan fingerprint density at radius 2 is 1.79 bits per heavy atom. The van der Waals surface area contributed by atoms with Gasteiger partial charge in [-0.15, -0.1) is 10.2 Å². The van der Waals surface area contributed by atoms with Gasteiger partial charge in [-0.3, -0.25) is 4.98 Å². The van der Waals surface area contributed by atoms with Gasteiger partial charge in [0.05, 0.1) is 24.8 Å². The molecule has 2 fully saturated rings. The Morgan fingerprint density at radius 1 is 1.00 bits per heavy atom. The SMILES string of the molecule is CN(C)c1ccc(NC2CCC(Oc3cc(N4CCOCC4)cc4nccnc34)CC2)nn1. The number of aromatic nitrogens is 4. The third kappa shape index (κ3) is 5.08. The molecule has 1 saturated carbocycles. The molecule has 1 aromatic carbocycles. The Kier molecular flexibility index (Phi) is 6.39. The van der Waals surface area contributed by atoms with Gasteiger partial charge in [0.15, 0.2) is 5.82 Å². The van der Waals surface area contributed by atoms with E-state index < -0.39 is 0 Å². The Morgan fingerprint density at radius 3 is 2.52 bits per heavy atom. The summed E-state index contributed by atoms with van der Waals surface area (Å²) in [7, 11) is 3.92. The first-order chi connectivity index (χ1) is 16.2. The van der Waals surface area contributed by atoms with E-state index in [1.54, 1.807) is 12.4 Å². The van der Waals surface area contributed by atoms with E-state index in [4.69, 9.17) is 9.47 Å². The van der Waals surface area contributed by atoms with E-state index >= 15 is 0 Å². The van der Waals surface area contributed by atoms with Crippen LogP contribution >= 0.6 is 0 Å². The van der Waals surface area contributed by atoms with Gasteiger partial charge in [-0.1, -0.05) is 0 Å². The summed E-state index contributed by atoms with van der Waals surface area (Å²) in [5.41, 5.74) is 2.81. The lowest BCUT2D eigenvalue weighted by Gasteiger charge is -2.31. The number of fused-ring (bicyclic) bond motifs is 1. The Hall–Kier alpha value is -3.20. The molecule has 0 amide bonds. The molecule has 0 atom stereocenters. The van der Waals surface area contributed by atoms with Crippen LogP contribution in [-0.4, -0.2) is 72.7 Å². The maximum Gasteiger partial charge on any atom is 0.150 e. The van der Waals surface area contributed by atoms with Crippen molar-refractivity contribution in [3.8, 4) is 5.75 Å². The van der Waals surface area contributed by atoms with Gasteiger partial charge in [-0.25, -0.2) is 4.98 Å². The third-order valence-corrected chi connectivity index (χ3v) is 6.33. The maximum atomic E-state index is 6.52. The van der Waals surface area contributed by atoms with Crippen LogP contribution in [0.2, 0.25) is 0 Å². The molecule has 1 N–H and O–H groups in total. The second-order valence-electron chi connectivity index (χ2n) is 8.87. The molecule has 33 heavy (non-hydrogen) atoms. The molecular formula is C24H31N7O2. The summed E-state index contributed by atoms with van der Waals surface area (Å²) in [6.45, 7) is 3.24. The van der Waals surface area contributed by atoms with Crippen molar-refractivity contribution in [1.82, 2.24) is 20.2 Å². The van der Waals surface area contributed by atoms with E-state index in [0.29, 0.717) is 6.04 Å². The zero-order chi connectivity index (χ0) is 22.6. The van der Waals surface area contributed by atoms with E-state index in [1.165, 1.54) is 0 Å². The van der Waals surface area contributed by atoms with Gasteiger partial charge in [-0.2, -0.15) is 0 Å². The minimum atomic E-state index is 0.162. The first-order valence-electron chi connectivity index (χ1n) is 11.7. The maximum absolute atomic E-state index is 6.52. The summed E-state index contributed by atoms with van der Waals surface area (Å²) in [4.78, 5) is 13.4. The highest BCUT2D eigenvalue weighted by atomic mass is 16.5. The predicted octanol–water partition coefficient (Wildman–Crippen LogP) is 3.12. The first-order valence-corrected chi connectivity index (χ1v) is 11.7. The van der Waals surface area contributed by atoms with Crippen LogP contribution in [0.15, 0.2) is 36.7 Å². The van der Waals surface area contributed by atoms with Crippen LogP contribution in [0.25, 0.3) is 11.0 Å². The van der Waals surface area contributed by atoms with Crippen LogP contribution < -0.4 is 19.9 Å². The van der Waals surface area contributed by atoms with Crippen molar-refractivity contribution in [3.63, 3.8) is 0 Å². The molecule has 3 aromatic rings. The number of morpholine rings is 1. The lowest BCUT2D eigenvalue weighted by molar-refractivity contribution is 0.122. The van der Waals surface area contributed by atoms with Crippen LogP contribution in [0.3, 0.4) is 0 Å². The molecule has 9 nitrogen and oxygen atoms in total. The fourth-order valence-electron chi connectivity index (χ4n) is 4.48. The zero-order valence-corrected chi connectivity index (χ0v) is 19.3. The van der Waals surface area contributed by atoms with Crippen molar-refractivity contribution in [2.24, 2.45) is 0 Å². The summed E-state index contributed by atoms with van der Waals surface area (Å²) in [5, 5.41) is 12.1. The molecule has 0 spiro atoms. The van der Waals surface area contributed by atoms with Gasteiger partial charge in [0, 0.05) is 57.4 Å². The van der Waals surface area contributed by atoms with E-state index in [9.17, 15) is 0 Å². The summed E-state index contributed by atoms with van der Waals surface area (Å²) in [6.07, 6.45) is 7.63. The normalized spacial score (nSPS) is 21.1. The Balaban J connectivity index is 1.24. The molecule has 9 heteroatoms. The highest BCUT2D eigenvalue weighted by Gasteiger charge is 2.24. The topological polar surface area (TPSA) is 88.5 Å². The summed E-state index contributed by atoms with van der Waals surface area (Å²) >= 11 is 0. The molecule has 0 unspecified atom stereocenters. The predicted molar refractivity (Wildman–Crippen MR) is 129 cm³/mol. The lowest BCUT2D eigenvalue weighted by atomic mass is 9.93. The molecule has 1 saturated heterocycles. The van der Waals surface area contributed by atoms with Crippen molar-refractivity contribution in [3.05, 3.63) is 36.7 Å². The number of nitrogens with zero attached hydrogens (tertiary/aromatic N) is 6. The largest absolute Gasteiger partial charge is 0.488 e. The van der Waals surface area contributed by atoms with Crippen molar-refractivity contribution >= 4 is 28.4 Å². The average molecular weight is 450 g/mol. The fourth-order valence-corrected chi connectivity index (χ4v) is 4.48. The lowest BCUT2D eigenvalue weighted by Crippen LogP contribution is -2.36. The number of hydrogen-bond acceptors (Lipinski definition) is 9. The van der Waals surface area contributed by atoms with E-state index in [0.717, 1.165) is 86.1 Å². The zero-order valence-electron chi connectivity index (χ0n) is 19.3. The molecule has 0 bridgehead atoms. The average Bonchev–Trinajstić information content (AvgIpc) is 2.86. The minimum Gasteiger partial charge on any atom is -0.488 e. The second-order valence-corrected chi connectivity index (χ2v) is 8.87. The smallest absolute Gasteiger partial charge is 0.150 e. The van der Waals surface area contributed by atoms with Crippen LogP contribution in [0.5, 0.6) is 5.75 Å². The highest BCUT2D eigenvalue weighted by molar-refractivity contribution is 5.85. The van der Waals surface area contributed by atoms with Crippen molar-refractivity contribution in [2.45, 2.75) is 37.8 Å². The number of nitrogens with one attached hydrogen (secondary N) is 1. The number of benzene rings is 1. The molecule has 1 aliphatic heterocycles. The van der Waals surface area contributed by atoms with Gasteiger partial charge >= 0.3 is 0 Å². The molecule has 2 aromatic heterocycles. The number of hydrogen-bond donors (Lipinski definition) is 1. The third-order valence-electron chi connectivity index (χ3n) is 6.33. The van der Waals surface area contributed by atoms with Crippen molar-refractivity contribution in [2.75, 3.05) is 55.5 Å².